The van der Waals surface area contributed by atoms with Crippen LogP contribution in [0.3, 0.4) is 0 Å². The van der Waals surface area contributed by atoms with Crippen LogP contribution in [0.5, 0.6) is 0 Å². The third kappa shape index (κ3) is 2.71. The molecule has 3 aliphatic carbocycles. The fourth-order valence-electron chi connectivity index (χ4n) is 5.11. The summed E-state index contributed by atoms with van der Waals surface area (Å²) >= 11 is 0. The number of piperidine rings is 1. The number of carbonyl (C=O) groups is 1. The molecule has 0 unspecified atom stereocenters. The number of amides is 1. The van der Waals surface area contributed by atoms with Crippen molar-refractivity contribution < 1.29 is 9.53 Å². The molecule has 0 aromatic rings. The molecular weight excluding hydrogens is 276 g/mol. The molecule has 1 aliphatic heterocycles. The molecule has 4 heteroatoms. The number of ether oxygens (including phenoxy) is 1. The molecule has 0 radical (unpaired) electrons. The van der Waals surface area contributed by atoms with Gasteiger partial charge in [0.1, 0.15) is 5.60 Å². The highest BCUT2D eigenvalue weighted by molar-refractivity contribution is 5.68. The summed E-state index contributed by atoms with van der Waals surface area (Å²) in [6, 6.07) is 2.29. The Morgan fingerprint density at radius 3 is 2.36 bits per heavy atom. The van der Waals surface area contributed by atoms with Crippen molar-refractivity contribution in [3.05, 3.63) is 0 Å². The molecule has 122 valence electrons. The van der Waals surface area contributed by atoms with Gasteiger partial charge in [-0.05, 0) is 76.0 Å². The smallest absolute Gasteiger partial charge is 0.410 e. The molecule has 3 saturated carbocycles. The van der Waals surface area contributed by atoms with E-state index in [-0.39, 0.29) is 6.09 Å². The Morgan fingerprint density at radius 1 is 1.27 bits per heavy atom. The van der Waals surface area contributed by atoms with Crippen molar-refractivity contribution >= 4 is 6.09 Å². The van der Waals surface area contributed by atoms with Gasteiger partial charge in [0.2, 0.25) is 0 Å². The summed E-state index contributed by atoms with van der Waals surface area (Å²) in [5.74, 6) is 0.773. The van der Waals surface area contributed by atoms with Crippen LogP contribution in [0.15, 0.2) is 0 Å². The molecule has 4 nitrogen and oxygen atoms in total. The van der Waals surface area contributed by atoms with Crippen molar-refractivity contribution in [1.82, 2.24) is 4.90 Å². The van der Waals surface area contributed by atoms with Gasteiger partial charge >= 0.3 is 6.09 Å². The predicted octanol–water partition coefficient (Wildman–Crippen LogP) is 4.11. The maximum absolute atomic E-state index is 12.1. The number of rotatable bonds is 3. The van der Waals surface area contributed by atoms with Gasteiger partial charge in [0.05, 0.1) is 6.07 Å². The van der Waals surface area contributed by atoms with Crippen LogP contribution in [0.1, 0.15) is 65.7 Å². The van der Waals surface area contributed by atoms with Gasteiger partial charge in [-0.25, -0.2) is 4.79 Å². The maximum atomic E-state index is 12.1. The van der Waals surface area contributed by atoms with Gasteiger partial charge in [0.25, 0.3) is 0 Å². The Balaban J connectivity index is 1.45. The zero-order valence-corrected chi connectivity index (χ0v) is 14.2. The van der Waals surface area contributed by atoms with Crippen LogP contribution >= 0.6 is 0 Å². The van der Waals surface area contributed by atoms with E-state index in [1.54, 1.807) is 0 Å². The first-order valence-electron chi connectivity index (χ1n) is 8.63. The van der Waals surface area contributed by atoms with E-state index >= 15 is 0 Å². The maximum Gasteiger partial charge on any atom is 0.410 e. The number of nitrogens with zero attached hydrogens (tertiary/aromatic N) is 2. The van der Waals surface area contributed by atoms with Crippen molar-refractivity contribution in [3.8, 4) is 6.07 Å². The summed E-state index contributed by atoms with van der Waals surface area (Å²) in [4.78, 5) is 14.0. The zero-order chi connectivity index (χ0) is 16.0. The largest absolute Gasteiger partial charge is 0.444 e. The summed E-state index contributed by atoms with van der Waals surface area (Å²) in [6.07, 6.45) is 7.89. The third-order valence-corrected chi connectivity index (χ3v) is 5.96. The molecule has 2 bridgehead atoms. The quantitative estimate of drug-likeness (QED) is 0.788. The van der Waals surface area contributed by atoms with Gasteiger partial charge in [-0.2, -0.15) is 5.26 Å². The molecule has 0 spiro atoms. The average molecular weight is 304 g/mol. The van der Waals surface area contributed by atoms with E-state index < -0.39 is 5.60 Å². The van der Waals surface area contributed by atoms with Crippen molar-refractivity contribution in [3.63, 3.8) is 0 Å². The third-order valence-electron chi connectivity index (χ3n) is 5.96. The minimum Gasteiger partial charge on any atom is -0.444 e. The van der Waals surface area contributed by atoms with Crippen LogP contribution in [-0.4, -0.2) is 29.7 Å². The molecule has 1 saturated heterocycles. The van der Waals surface area contributed by atoms with Crippen molar-refractivity contribution in [2.24, 2.45) is 16.7 Å². The minimum absolute atomic E-state index is 0.158. The van der Waals surface area contributed by atoms with Crippen LogP contribution in [0.2, 0.25) is 0 Å². The van der Waals surface area contributed by atoms with Crippen LogP contribution in [0, 0.1) is 28.1 Å². The van der Waals surface area contributed by atoms with Crippen LogP contribution < -0.4 is 0 Å². The fraction of sp³-hybridized carbons (Fsp3) is 0.889. The number of hydrogen-bond donors (Lipinski definition) is 0. The van der Waals surface area contributed by atoms with Crippen LogP contribution in [0.4, 0.5) is 4.79 Å². The Labute approximate surface area is 133 Å². The summed E-state index contributed by atoms with van der Waals surface area (Å²) < 4.78 is 5.46. The summed E-state index contributed by atoms with van der Waals surface area (Å²) in [7, 11) is 0. The van der Waals surface area contributed by atoms with Gasteiger partial charge in [-0.15, -0.1) is 0 Å². The number of nitriles is 1. The molecule has 0 aromatic heterocycles. The second-order valence-electron chi connectivity index (χ2n) is 8.79. The fourth-order valence-corrected chi connectivity index (χ4v) is 5.11. The topological polar surface area (TPSA) is 53.3 Å². The van der Waals surface area contributed by atoms with E-state index in [0.717, 1.165) is 38.3 Å². The first kappa shape index (κ1) is 15.6. The van der Waals surface area contributed by atoms with Gasteiger partial charge in [-0.1, -0.05) is 0 Å². The van der Waals surface area contributed by atoms with Crippen molar-refractivity contribution in [2.75, 3.05) is 13.1 Å². The highest BCUT2D eigenvalue weighted by Crippen LogP contribution is 2.78. The number of carbonyl (C=O) groups excluding carboxylic acids is 1. The summed E-state index contributed by atoms with van der Waals surface area (Å²) in [6.45, 7) is 7.43. The molecule has 4 fully saturated rings. The zero-order valence-electron chi connectivity index (χ0n) is 14.2. The lowest BCUT2D eigenvalue weighted by molar-refractivity contribution is -0.244. The van der Waals surface area contributed by atoms with Crippen LogP contribution in [-0.2, 0) is 4.74 Å². The first-order valence-corrected chi connectivity index (χ1v) is 8.63. The highest BCUT2D eigenvalue weighted by Gasteiger charge is 2.69. The molecule has 4 rings (SSSR count). The monoisotopic (exact) mass is 304 g/mol. The summed E-state index contributed by atoms with van der Waals surface area (Å²) in [5, 5.41) is 8.74. The standard InChI is InChI=1S/C18H28N2O2/c1-16(2,3)22-15(21)20-9-5-14(6-10-20)18-11-17(12-18,13-18)7-4-8-19/h14H,4-7,9-13H2,1-3H3. The van der Waals surface area contributed by atoms with Crippen molar-refractivity contribution in [1.29, 1.82) is 5.26 Å². The molecule has 4 aliphatic rings. The molecule has 0 aromatic carbocycles. The lowest BCUT2D eigenvalue weighted by Crippen LogP contribution is -2.65. The number of likely N-dealkylation sites (tertiary alicyclic amines) is 1. The van der Waals surface area contributed by atoms with Crippen molar-refractivity contribution in [2.45, 2.75) is 71.3 Å². The van der Waals surface area contributed by atoms with Gasteiger partial charge in [0, 0.05) is 19.5 Å². The van der Waals surface area contributed by atoms with Gasteiger partial charge in [-0.3, -0.25) is 0 Å². The number of hydrogen-bond acceptors (Lipinski definition) is 3. The lowest BCUT2D eigenvalue weighted by atomic mass is 9.30. The Bertz CT molecular complexity index is 472. The Hall–Kier alpha value is -1.24. The van der Waals surface area contributed by atoms with E-state index in [1.165, 1.54) is 19.3 Å². The molecular formula is C18H28N2O2. The average Bonchev–Trinajstić information content (AvgIpc) is 2.34. The van der Waals surface area contributed by atoms with E-state index in [9.17, 15) is 4.79 Å². The normalized spacial score (nSPS) is 34.4. The molecule has 22 heavy (non-hydrogen) atoms. The van der Waals surface area contributed by atoms with E-state index in [2.05, 4.69) is 6.07 Å². The summed E-state index contributed by atoms with van der Waals surface area (Å²) in [5.41, 5.74) is 0.683. The van der Waals surface area contributed by atoms with E-state index in [0.29, 0.717) is 17.3 Å². The SMILES string of the molecule is CC(C)(C)OC(=O)N1CCC(C23CC(CCC#N)(C2)C3)CC1. The van der Waals surface area contributed by atoms with E-state index in [1.807, 2.05) is 25.7 Å². The lowest BCUT2D eigenvalue weighted by Gasteiger charge is -2.74. The first-order chi connectivity index (χ1) is 10.3. The van der Waals surface area contributed by atoms with Crippen LogP contribution in [0.25, 0.3) is 0 Å². The predicted molar refractivity (Wildman–Crippen MR) is 84.1 cm³/mol. The second-order valence-corrected chi connectivity index (χ2v) is 8.79. The van der Waals surface area contributed by atoms with Gasteiger partial charge in [0.15, 0.2) is 0 Å². The minimum atomic E-state index is -0.408. The molecule has 0 N–H and O–H groups in total. The molecule has 0 atom stereocenters. The highest BCUT2D eigenvalue weighted by atomic mass is 16.6. The Morgan fingerprint density at radius 2 is 1.86 bits per heavy atom. The second kappa shape index (κ2) is 5.15. The molecule has 1 heterocycles. The Kier molecular flexibility index (Phi) is 3.66. The van der Waals surface area contributed by atoms with Gasteiger partial charge < -0.3 is 9.64 Å². The molecule has 1 amide bonds. The van der Waals surface area contributed by atoms with E-state index in [4.69, 9.17) is 10.00 Å².